The number of hydrogen-bond donors (Lipinski definition) is 2. The predicted octanol–water partition coefficient (Wildman–Crippen LogP) is 1.26. The van der Waals surface area contributed by atoms with Crippen LogP contribution in [0.4, 0.5) is 4.39 Å². The van der Waals surface area contributed by atoms with Crippen LogP contribution in [-0.4, -0.2) is 24.2 Å². The van der Waals surface area contributed by atoms with Crippen molar-refractivity contribution in [1.82, 2.24) is 5.32 Å². The number of amides is 1. The number of nitrogens with one attached hydrogen (secondary N) is 1. The van der Waals surface area contributed by atoms with Gasteiger partial charge in [-0.3, -0.25) is 4.79 Å². The van der Waals surface area contributed by atoms with Gasteiger partial charge in [-0.25, -0.2) is 4.39 Å². The van der Waals surface area contributed by atoms with Crippen molar-refractivity contribution in [2.75, 3.05) is 13.2 Å². The summed E-state index contributed by atoms with van der Waals surface area (Å²) in [5.74, 6) is -0.386. The molecule has 1 amide bonds. The third-order valence-electron chi connectivity index (χ3n) is 3.23. The van der Waals surface area contributed by atoms with E-state index in [-0.39, 0.29) is 30.2 Å². The van der Waals surface area contributed by atoms with E-state index in [1.54, 1.807) is 12.1 Å². The molecule has 0 heterocycles. The molecule has 17 heavy (non-hydrogen) atoms. The first kappa shape index (κ1) is 12.0. The standard InChI is InChI=1S/C13H16FNO2/c14-11-3-1-10(2-4-11)7-12(17)15-8-13(9-16)5-6-13/h1-4,16H,5-9H2,(H,15,17). The molecular formula is C13H16FNO2. The molecule has 2 rings (SSSR count). The van der Waals surface area contributed by atoms with Crippen LogP contribution >= 0.6 is 0 Å². The molecule has 0 spiro atoms. The second-order valence-corrected chi connectivity index (χ2v) is 4.74. The van der Waals surface area contributed by atoms with Gasteiger partial charge in [0.25, 0.3) is 0 Å². The molecule has 0 aliphatic heterocycles. The smallest absolute Gasteiger partial charge is 0.224 e. The number of carbonyl (C=O) groups is 1. The molecule has 3 nitrogen and oxygen atoms in total. The van der Waals surface area contributed by atoms with Crippen molar-refractivity contribution in [2.24, 2.45) is 5.41 Å². The fourth-order valence-corrected chi connectivity index (χ4v) is 1.70. The molecule has 1 aliphatic rings. The minimum atomic E-state index is -0.300. The highest BCUT2D eigenvalue weighted by Gasteiger charge is 2.41. The van der Waals surface area contributed by atoms with E-state index in [0.29, 0.717) is 6.54 Å². The van der Waals surface area contributed by atoms with E-state index < -0.39 is 0 Å². The highest BCUT2D eigenvalue weighted by Crippen LogP contribution is 2.44. The lowest BCUT2D eigenvalue weighted by atomic mass is 10.1. The van der Waals surface area contributed by atoms with Crippen LogP contribution in [0.1, 0.15) is 18.4 Å². The molecule has 0 bridgehead atoms. The molecule has 1 aliphatic carbocycles. The zero-order valence-corrected chi connectivity index (χ0v) is 9.58. The van der Waals surface area contributed by atoms with Crippen molar-refractivity contribution in [3.63, 3.8) is 0 Å². The SMILES string of the molecule is O=C(Cc1ccc(F)cc1)NCC1(CO)CC1. The van der Waals surface area contributed by atoms with E-state index in [2.05, 4.69) is 5.32 Å². The van der Waals surface area contributed by atoms with Crippen LogP contribution in [-0.2, 0) is 11.2 Å². The number of benzene rings is 1. The molecule has 0 saturated heterocycles. The largest absolute Gasteiger partial charge is 0.396 e. The monoisotopic (exact) mass is 237 g/mol. The van der Waals surface area contributed by atoms with E-state index in [1.807, 2.05) is 0 Å². The molecule has 0 unspecified atom stereocenters. The predicted molar refractivity (Wildman–Crippen MR) is 61.9 cm³/mol. The van der Waals surface area contributed by atoms with Gasteiger partial charge in [0.05, 0.1) is 13.0 Å². The van der Waals surface area contributed by atoms with Crippen LogP contribution in [0.25, 0.3) is 0 Å². The first-order valence-corrected chi connectivity index (χ1v) is 5.76. The number of aliphatic hydroxyl groups excluding tert-OH is 1. The lowest BCUT2D eigenvalue weighted by Gasteiger charge is -2.12. The second-order valence-electron chi connectivity index (χ2n) is 4.74. The minimum absolute atomic E-state index is 0.0710. The van der Waals surface area contributed by atoms with Crippen LogP contribution in [0.3, 0.4) is 0 Å². The van der Waals surface area contributed by atoms with Crippen molar-refractivity contribution < 1.29 is 14.3 Å². The maximum Gasteiger partial charge on any atom is 0.224 e. The molecule has 92 valence electrons. The summed E-state index contributed by atoms with van der Waals surface area (Å²) in [5, 5.41) is 11.9. The summed E-state index contributed by atoms with van der Waals surface area (Å²) < 4.78 is 12.7. The molecule has 4 heteroatoms. The maximum absolute atomic E-state index is 12.7. The van der Waals surface area contributed by atoms with Gasteiger partial charge < -0.3 is 10.4 Å². The van der Waals surface area contributed by atoms with Gasteiger partial charge in [0, 0.05) is 12.0 Å². The Morgan fingerprint density at radius 2 is 2.00 bits per heavy atom. The molecule has 0 atom stereocenters. The minimum Gasteiger partial charge on any atom is -0.396 e. The number of rotatable bonds is 5. The van der Waals surface area contributed by atoms with Crippen LogP contribution in [0.5, 0.6) is 0 Å². The van der Waals surface area contributed by atoms with Crippen molar-refractivity contribution in [3.8, 4) is 0 Å². The Balaban J connectivity index is 1.79. The molecule has 1 aromatic rings. The van der Waals surface area contributed by atoms with Crippen LogP contribution in [0.2, 0.25) is 0 Å². The molecule has 1 fully saturated rings. The lowest BCUT2D eigenvalue weighted by Crippen LogP contribution is -2.32. The Labute approximate surface area is 99.7 Å². The summed E-state index contributed by atoms with van der Waals surface area (Å²) in [5.41, 5.74) is 0.719. The summed E-state index contributed by atoms with van der Waals surface area (Å²) in [6.45, 7) is 0.660. The number of halogens is 1. The lowest BCUT2D eigenvalue weighted by molar-refractivity contribution is -0.120. The van der Waals surface area contributed by atoms with E-state index in [0.717, 1.165) is 18.4 Å². The molecule has 0 radical (unpaired) electrons. The highest BCUT2D eigenvalue weighted by molar-refractivity contribution is 5.78. The quantitative estimate of drug-likeness (QED) is 0.810. The molecule has 2 N–H and O–H groups in total. The van der Waals surface area contributed by atoms with Crippen molar-refractivity contribution in [2.45, 2.75) is 19.3 Å². The Morgan fingerprint density at radius 3 is 2.53 bits per heavy atom. The van der Waals surface area contributed by atoms with Gasteiger partial charge in [-0.05, 0) is 30.5 Å². The number of hydrogen-bond acceptors (Lipinski definition) is 2. The molecule has 1 saturated carbocycles. The van der Waals surface area contributed by atoms with Gasteiger partial charge in [0.15, 0.2) is 0 Å². The topological polar surface area (TPSA) is 49.3 Å². The second kappa shape index (κ2) is 4.84. The Kier molecular flexibility index (Phi) is 3.43. The Bertz CT molecular complexity index is 398. The summed E-state index contributed by atoms with van der Waals surface area (Å²) in [4.78, 5) is 11.6. The van der Waals surface area contributed by atoms with E-state index in [4.69, 9.17) is 5.11 Å². The highest BCUT2D eigenvalue weighted by atomic mass is 19.1. The van der Waals surface area contributed by atoms with Gasteiger partial charge in [-0.15, -0.1) is 0 Å². The third-order valence-corrected chi connectivity index (χ3v) is 3.23. The molecule has 0 aromatic heterocycles. The Morgan fingerprint density at radius 1 is 1.35 bits per heavy atom. The summed E-state index contributed by atoms with van der Waals surface area (Å²) in [7, 11) is 0. The Hall–Kier alpha value is -1.42. The average Bonchev–Trinajstić information content (AvgIpc) is 3.10. The number of aliphatic hydroxyl groups is 1. The van der Waals surface area contributed by atoms with Gasteiger partial charge in [0.2, 0.25) is 5.91 Å². The zero-order chi connectivity index (χ0) is 12.3. The zero-order valence-electron chi connectivity index (χ0n) is 9.58. The van der Waals surface area contributed by atoms with Crippen molar-refractivity contribution >= 4 is 5.91 Å². The maximum atomic E-state index is 12.7. The van der Waals surface area contributed by atoms with Crippen molar-refractivity contribution in [1.29, 1.82) is 0 Å². The van der Waals surface area contributed by atoms with Crippen LogP contribution in [0, 0.1) is 11.2 Å². The molecule has 1 aromatic carbocycles. The van der Waals surface area contributed by atoms with Crippen LogP contribution in [0.15, 0.2) is 24.3 Å². The van der Waals surface area contributed by atoms with Gasteiger partial charge in [-0.2, -0.15) is 0 Å². The van der Waals surface area contributed by atoms with Gasteiger partial charge in [-0.1, -0.05) is 12.1 Å². The molecular weight excluding hydrogens is 221 g/mol. The van der Waals surface area contributed by atoms with Crippen molar-refractivity contribution in [3.05, 3.63) is 35.6 Å². The van der Waals surface area contributed by atoms with Gasteiger partial charge in [0.1, 0.15) is 5.82 Å². The first-order chi connectivity index (χ1) is 8.13. The van der Waals surface area contributed by atoms with E-state index in [1.165, 1.54) is 12.1 Å². The van der Waals surface area contributed by atoms with E-state index in [9.17, 15) is 9.18 Å². The van der Waals surface area contributed by atoms with Gasteiger partial charge >= 0.3 is 0 Å². The fraction of sp³-hybridized carbons (Fsp3) is 0.462. The summed E-state index contributed by atoms with van der Waals surface area (Å²) in [6.07, 6.45) is 2.20. The number of carbonyl (C=O) groups excluding carboxylic acids is 1. The average molecular weight is 237 g/mol. The van der Waals surface area contributed by atoms with Crippen LogP contribution < -0.4 is 5.32 Å². The summed E-state index contributed by atoms with van der Waals surface area (Å²) in [6, 6.07) is 5.90. The van der Waals surface area contributed by atoms with E-state index >= 15 is 0 Å². The first-order valence-electron chi connectivity index (χ1n) is 5.76. The summed E-state index contributed by atoms with van der Waals surface area (Å²) >= 11 is 0. The normalized spacial score (nSPS) is 16.6. The fourth-order valence-electron chi connectivity index (χ4n) is 1.70. The third kappa shape index (κ3) is 3.27.